The molecule has 0 aliphatic heterocycles. The molecule has 0 aromatic heterocycles. The number of nitrogens with one attached hydrogen (secondary N) is 1. The molecule has 1 amide bonds. The molecule has 1 aliphatic carbocycles. The number of hydrogen-bond acceptors (Lipinski definition) is 2. The van der Waals surface area contributed by atoms with Crippen molar-refractivity contribution in [1.82, 2.24) is 0 Å². The average Bonchev–Trinajstić information content (AvgIpc) is 3.31. The number of carbonyl (C=O) groups is 1. The second kappa shape index (κ2) is 6.00. The first-order chi connectivity index (χ1) is 10.2. The van der Waals surface area contributed by atoms with E-state index in [4.69, 9.17) is 5.73 Å². The highest BCUT2D eigenvalue weighted by Gasteiger charge is 2.23. The largest absolute Gasteiger partial charge is 0.381 e. The number of anilines is 1. The number of carbonyl (C=O) groups excluding carboxylic acids is 1. The minimum absolute atomic E-state index is 0.269. The molecule has 2 aromatic rings. The normalized spacial score (nSPS) is 13.9. The third-order valence-corrected chi connectivity index (χ3v) is 3.86. The number of primary amides is 1. The van der Waals surface area contributed by atoms with E-state index >= 15 is 0 Å². The first-order valence-corrected chi connectivity index (χ1v) is 7.41. The van der Waals surface area contributed by atoms with Crippen LogP contribution < -0.4 is 11.1 Å². The van der Waals surface area contributed by atoms with E-state index < -0.39 is 0 Å². The number of rotatable bonds is 6. The number of amides is 1. The molecule has 0 heterocycles. The molecule has 3 rings (SSSR count). The molecule has 2 aromatic carbocycles. The summed E-state index contributed by atoms with van der Waals surface area (Å²) in [5.74, 6) is 0.465. The lowest BCUT2D eigenvalue weighted by atomic mass is 10.1. The lowest BCUT2D eigenvalue weighted by Gasteiger charge is -2.12. The summed E-state index contributed by atoms with van der Waals surface area (Å²) in [5.41, 5.74) is 9.94. The van der Waals surface area contributed by atoms with E-state index in [9.17, 15) is 4.79 Å². The van der Waals surface area contributed by atoms with Gasteiger partial charge in [-0.1, -0.05) is 42.5 Å². The highest BCUT2D eigenvalue weighted by atomic mass is 16.1. The summed E-state index contributed by atoms with van der Waals surface area (Å²) in [7, 11) is 0. The summed E-state index contributed by atoms with van der Waals surface area (Å²) < 4.78 is 0. The van der Waals surface area contributed by atoms with E-state index in [1.807, 2.05) is 24.3 Å². The molecule has 3 N–H and O–H groups in total. The van der Waals surface area contributed by atoms with Crippen molar-refractivity contribution in [3.8, 4) is 0 Å². The van der Waals surface area contributed by atoms with Crippen LogP contribution in [0.2, 0.25) is 0 Å². The van der Waals surface area contributed by atoms with Gasteiger partial charge in [0.25, 0.3) is 0 Å². The fourth-order valence-corrected chi connectivity index (χ4v) is 2.61. The quantitative estimate of drug-likeness (QED) is 0.853. The maximum atomic E-state index is 11.1. The van der Waals surface area contributed by atoms with Gasteiger partial charge >= 0.3 is 0 Å². The standard InChI is InChI=1S/C18H20N2O/c19-18(21)11-16-5-1-2-7-17(16)20-12-13-4-3-6-15(10-13)14-8-9-14/h1-7,10,14,20H,8-9,11-12H2,(H2,19,21). The predicted molar refractivity (Wildman–Crippen MR) is 85.1 cm³/mol. The Bertz CT molecular complexity index is 647. The molecule has 0 unspecified atom stereocenters. The van der Waals surface area contributed by atoms with Crippen molar-refractivity contribution in [2.24, 2.45) is 5.73 Å². The highest BCUT2D eigenvalue weighted by Crippen LogP contribution is 2.40. The van der Waals surface area contributed by atoms with E-state index in [-0.39, 0.29) is 12.3 Å². The number of nitrogens with two attached hydrogens (primary N) is 1. The van der Waals surface area contributed by atoms with Crippen LogP contribution in [0.5, 0.6) is 0 Å². The fourth-order valence-electron chi connectivity index (χ4n) is 2.61. The highest BCUT2D eigenvalue weighted by molar-refractivity contribution is 5.78. The fraction of sp³-hybridized carbons (Fsp3) is 0.278. The average molecular weight is 280 g/mol. The van der Waals surface area contributed by atoms with Gasteiger partial charge in [0.2, 0.25) is 5.91 Å². The third kappa shape index (κ3) is 3.63. The second-order valence-corrected chi connectivity index (χ2v) is 5.67. The minimum Gasteiger partial charge on any atom is -0.381 e. The Hall–Kier alpha value is -2.29. The zero-order valence-electron chi connectivity index (χ0n) is 12.0. The second-order valence-electron chi connectivity index (χ2n) is 5.67. The van der Waals surface area contributed by atoms with Crippen molar-refractivity contribution in [3.05, 3.63) is 65.2 Å². The topological polar surface area (TPSA) is 55.1 Å². The van der Waals surface area contributed by atoms with Gasteiger partial charge in [-0.15, -0.1) is 0 Å². The monoisotopic (exact) mass is 280 g/mol. The van der Waals surface area contributed by atoms with Gasteiger partial charge in [0.1, 0.15) is 0 Å². The smallest absolute Gasteiger partial charge is 0.221 e. The van der Waals surface area contributed by atoms with E-state index in [0.29, 0.717) is 0 Å². The maximum absolute atomic E-state index is 11.1. The maximum Gasteiger partial charge on any atom is 0.221 e. The Labute approximate surface area is 125 Å². The van der Waals surface area contributed by atoms with E-state index in [1.54, 1.807) is 0 Å². The molecular weight excluding hydrogens is 260 g/mol. The van der Waals surface area contributed by atoms with Crippen molar-refractivity contribution in [1.29, 1.82) is 0 Å². The van der Waals surface area contributed by atoms with Crippen LogP contribution in [-0.2, 0) is 17.8 Å². The molecule has 0 saturated heterocycles. The van der Waals surface area contributed by atoms with E-state index in [0.717, 1.165) is 23.7 Å². The van der Waals surface area contributed by atoms with Crippen LogP contribution in [0.15, 0.2) is 48.5 Å². The third-order valence-electron chi connectivity index (χ3n) is 3.86. The lowest BCUT2D eigenvalue weighted by Crippen LogP contribution is -2.15. The lowest BCUT2D eigenvalue weighted by molar-refractivity contribution is -0.117. The number of hydrogen-bond donors (Lipinski definition) is 2. The van der Waals surface area contributed by atoms with Crippen molar-refractivity contribution >= 4 is 11.6 Å². The van der Waals surface area contributed by atoms with Gasteiger partial charge in [-0.05, 0) is 41.5 Å². The van der Waals surface area contributed by atoms with Gasteiger partial charge in [-0.25, -0.2) is 0 Å². The van der Waals surface area contributed by atoms with Crippen LogP contribution in [0.25, 0.3) is 0 Å². The Morgan fingerprint density at radius 2 is 1.95 bits per heavy atom. The van der Waals surface area contributed by atoms with Crippen molar-refractivity contribution in [3.63, 3.8) is 0 Å². The SMILES string of the molecule is NC(=O)Cc1ccccc1NCc1cccc(C2CC2)c1. The van der Waals surface area contributed by atoms with E-state index in [2.05, 4.69) is 29.6 Å². The molecule has 1 saturated carbocycles. The van der Waals surface area contributed by atoms with Crippen LogP contribution in [0.3, 0.4) is 0 Å². The van der Waals surface area contributed by atoms with Gasteiger partial charge < -0.3 is 11.1 Å². The van der Waals surface area contributed by atoms with Gasteiger partial charge in [-0.2, -0.15) is 0 Å². The molecule has 1 fully saturated rings. The Morgan fingerprint density at radius 1 is 1.14 bits per heavy atom. The molecule has 0 spiro atoms. The molecule has 21 heavy (non-hydrogen) atoms. The van der Waals surface area contributed by atoms with Crippen LogP contribution in [0.4, 0.5) is 5.69 Å². The number of benzene rings is 2. The van der Waals surface area contributed by atoms with Crippen LogP contribution in [-0.4, -0.2) is 5.91 Å². The van der Waals surface area contributed by atoms with Gasteiger partial charge in [-0.3, -0.25) is 4.79 Å². The molecule has 3 heteroatoms. The summed E-state index contributed by atoms with van der Waals surface area (Å²) in [5, 5.41) is 3.41. The van der Waals surface area contributed by atoms with Gasteiger partial charge in [0.05, 0.1) is 6.42 Å². The molecule has 0 radical (unpaired) electrons. The van der Waals surface area contributed by atoms with Crippen molar-refractivity contribution < 1.29 is 4.79 Å². The molecule has 3 nitrogen and oxygen atoms in total. The van der Waals surface area contributed by atoms with Gasteiger partial charge in [0, 0.05) is 12.2 Å². The Kier molecular flexibility index (Phi) is 3.91. The Morgan fingerprint density at radius 3 is 2.71 bits per heavy atom. The van der Waals surface area contributed by atoms with E-state index in [1.165, 1.54) is 24.0 Å². The number of para-hydroxylation sites is 1. The first-order valence-electron chi connectivity index (χ1n) is 7.41. The summed E-state index contributed by atoms with van der Waals surface area (Å²) in [6.45, 7) is 0.760. The van der Waals surface area contributed by atoms with Crippen molar-refractivity contribution in [2.75, 3.05) is 5.32 Å². The zero-order valence-corrected chi connectivity index (χ0v) is 12.0. The van der Waals surface area contributed by atoms with Crippen LogP contribution >= 0.6 is 0 Å². The molecule has 108 valence electrons. The summed E-state index contributed by atoms with van der Waals surface area (Å²) in [6, 6.07) is 16.6. The molecule has 0 bridgehead atoms. The van der Waals surface area contributed by atoms with Crippen LogP contribution in [0.1, 0.15) is 35.4 Å². The predicted octanol–water partition coefficient (Wildman–Crippen LogP) is 3.20. The minimum atomic E-state index is -0.306. The molecule has 0 atom stereocenters. The summed E-state index contributed by atoms with van der Waals surface area (Å²) in [4.78, 5) is 11.1. The molecule has 1 aliphatic rings. The van der Waals surface area contributed by atoms with Crippen LogP contribution in [0, 0.1) is 0 Å². The van der Waals surface area contributed by atoms with Gasteiger partial charge in [0.15, 0.2) is 0 Å². The Balaban J connectivity index is 1.69. The summed E-state index contributed by atoms with van der Waals surface area (Å²) >= 11 is 0. The summed E-state index contributed by atoms with van der Waals surface area (Å²) in [6.07, 6.45) is 2.90. The first kappa shape index (κ1) is 13.7. The molecular formula is C18H20N2O. The van der Waals surface area contributed by atoms with Crippen molar-refractivity contribution in [2.45, 2.75) is 31.7 Å². The zero-order chi connectivity index (χ0) is 14.7.